The van der Waals surface area contributed by atoms with E-state index in [4.69, 9.17) is 9.47 Å². The Morgan fingerprint density at radius 3 is 2.13 bits per heavy atom. The minimum absolute atomic E-state index is 0.306. The maximum atomic E-state index is 12.6. The highest BCUT2D eigenvalue weighted by molar-refractivity contribution is 5.81. The van der Waals surface area contributed by atoms with Crippen LogP contribution in [0, 0.1) is 0 Å². The Morgan fingerprint density at radius 1 is 1.00 bits per heavy atom. The third-order valence-corrected chi connectivity index (χ3v) is 3.18. The molecule has 0 aliphatic rings. The van der Waals surface area contributed by atoms with Crippen molar-refractivity contribution in [3.05, 3.63) is 60.2 Å². The average Bonchev–Trinajstić information content (AvgIpc) is 2.52. The number of rotatable bonds is 5. The highest BCUT2D eigenvalue weighted by Crippen LogP contribution is 2.24. The molecule has 0 aromatic heterocycles. The molecule has 0 saturated heterocycles. The van der Waals surface area contributed by atoms with Gasteiger partial charge >= 0.3 is 5.97 Å². The van der Waals surface area contributed by atoms with Crippen molar-refractivity contribution in [2.75, 3.05) is 12.4 Å². The molecule has 0 radical (unpaired) electrons. The normalized spacial score (nSPS) is 12.3. The maximum absolute atomic E-state index is 12.6. The lowest BCUT2D eigenvalue weighted by Crippen LogP contribution is -2.31. The number of methoxy groups -OCH3 is 1. The molecule has 0 bridgehead atoms. The number of nitrogens with one attached hydrogen (secondary N) is 1. The Kier molecular flexibility index (Phi) is 5.27. The van der Waals surface area contributed by atoms with Gasteiger partial charge in [0.2, 0.25) is 0 Å². The van der Waals surface area contributed by atoms with Crippen LogP contribution < -0.4 is 10.1 Å². The second-order valence-corrected chi connectivity index (χ2v) is 6.25. The summed E-state index contributed by atoms with van der Waals surface area (Å²) in [6, 6.07) is 16.4. The zero-order chi connectivity index (χ0) is 16.9. The first kappa shape index (κ1) is 16.9. The van der Waals surface area contributed by atoms with Crippen LogP contribution in [-0.2, 0) is 9.53 Å². The molecule has 0 saturated carbocycles. The van der Waals surface area contributed by atoms with E-state index < -0.39 is 11.6 Å². The fourth-order valence-corrected chi connectivity index (χ4v) is 2.14. The molecule has 2 rings (SSSR count). The van der Waals surface area contributed by atoms with Gasteiger partial charge in [0.15, 0.2) is 6.04 Å². The van der Waals surface area contributed by atoms with Gasteiger partial charge in [-0.3, -0.25) is 0 Å². The SMILES string of the molecule is COc1ccc(N[C@@H](C(=O)OC(C)(C)C)c2ccccc2)cc1. The van der Waals surface area contributed by atoms with Crippen molar-refractivity contribution in [2.45, 2.75) is 32.4 Å². The summed E-state index contributed by atoms with van der Waals surface area (Å²) < 4.78 is 10.7. The molecule has 1 atom stereocenters. The quantitative estimate of drug-likeness (QED) is 0.841. The fraction of sp³-hybridized carbons (Fsp3) is 0.316. The smallest absolute Gasteiger partial charge is 0.333 e. The van der Waals surface area contributed by atoms with Gasteiger partial charge in [-0.15, -0.1) is 0 Å². The second kappa shape index (κ2) is 7.18. The van der Waals surface area contributed by atoms with Crippen LogP contribution in [0.3, 0.4) is 0 Å². The molecule has 23 heavy (non-hydrogen) atoms. The zero-order valence-corrected chi connectivity index (χ0v) is 14.0. The molecular weight excluding hydrogens is 290 g/mol. The van der Waals surface area contributed by atoms with E-state index in [1.807, 2.05) is 75.4 Å². The number of carbonyl (C=O) groups excluding carboxylic acids is 1. The van der Waals surface area contributed by atoms with Crippen molar-refractivity contribution in [3.8, 4) is 5.75 Å². The van der Waals surface area contributed by atoms with Gasteiger partial charge in [-0.05, 0) is 50.6 Å². The van der Waals surface area contributed by atoms with Crippen LogP contribution in [0.1, 0.15) is 32.4 Å². The lowest BCUT2D eigenvalue weighted by Gasteiger charge is -2.25. The van der Waals surface area contributed by atoms with Crippen LogP contribution in [0.2, 0.25) is 0 Å². The number of carbonyl (C=O) groups is 1. The Hall–Kier alpha value is -2.49. The molecular formula is C19H23NO3. The fourth-order valence-electron chi connectivity index (χ4n) is 2.14. The predicted octanol–water partition coefficient (Wildman–Crippen LogP) is 4.19. The van der Waals surface area contributed by atoms with E-state index >= 15 is 0 Å². The second-order valence-electron chi connectivity index (χ2n) is 6.25. The summed E-state index contributed by atoms with van der Waals surface area (Å²) in [5.41, 5.74) is 1.15. The largest absolute Gasteiger partial charge is 0.497 e. The lowest BCUT2D eigenvalue weighted by atomic mass is 10.1. The Bertz CT molecular complexity index is 630. The van der Waals surface area contributed by atoms with Crippen molar-refractivity contribution in [1.82, 2.24) is 0 Å². The Morgan fingerprint density at radius 2 is 1.61 bits per heavy atom. The van der Waals surface area contributed by atoms with Crippen LogP contribution >= 0.6 is 0 Å². The van der Waals surface area contributed by atoms with Gasteiger partial charge < -0.3 is 14.8 Å². The lowest BCUT2D eigenvalue weighted by molar-refractivity contribution is -0.156. The maximum Gasteiger partial charge on any atom is 0.333 e. The standard InChI is InChI=1S/C19H23NO3/c1-19(2,3)23-18(21)17(14-8-6-5-7-9-14)20-15-10-12-16(22-4)13-11-15/h5-13,17,20H,1-4H3/t17-/m1/s1. The van der Waals surface area contributed by atoms with E-state index in [2.05, 4.69) is 5.32 Å². The first-order valence-corrected chi connectivity index (χ1v) is 7.57. The molecule has 4 nitrogen and oxygen atoms in total. The monoisotopic (exact) mass is 313 g/mol. The van der Waals surface area contributed by atoms with E-state index in [9.17, 15) is 4.79 Å². The molecule has 0 spiro atoms. The topological polar surface area (TPSA) is 47.6 Å². The summed E-state index contributed by atoms with van der Waals surface area (Å²) in [5, 5.41) is 3.24. The Balaban J connectivity index is 2.24. The number of hydrogen-bond donors (Lipinski definition) is 1. The summed E-state index contributed by atoms with van der Waals surface area (Å²) in [5.74, 6) is 0.462. The molecule has 0 heterocycles. The summed E-state index contributed by atoms with van der Waals surface area (Å²) in [6.07, 6.45) is 0. The van der Waals surface area contributed by atoms with E-state index in [0.717, 1.165) is 17.0 Å². The number of benzene rings is 2. The van der Waals surface area contributed by atoms with Gasteiger partial charge in [-0.1, -0.05) is 30.3 Å². The van der Waals surface area contributed by atoms with Crippen LogP contribution in [0.4, 0.5) is 5.69 Å². The number of ether oxygens (including phenoxy) is 2. The summed E-state index contributed by atoms with van der Waals surface area (Å²) in [4.78, 5) is 12.6. The van der Waals surface area contributed by atoms with Crippen molar-refractivity contribution in [1.29, 1.82) is 0 Å². The Labute approximate surface area is 137 Å². The molecule has 2 aromatic carbocycles. The van der Waals surface area contributed by atoms with E-state index in [0.29, 0.717) is 0 Å². The molecule has 1 N–H and O–H groups in total. The van der Waals surface area contributed by atoms with Gasteiger partial charge in [-0.25, -0.2) is 4.79 Å². The van der Waals surface area contributed by atoms with Crippen LogP contribution in [0.5, 0.6) is 5.75 Å². The summed E-state index contributed by atoms with van der Waals surface area (Å²) in [6.45, 7) is 5.58. The van der Waals surface area contributed by atoms with Crippen LogP contribution in [0.15, 0.2) is 54.6 Å². The van der Waals surface area contributed by atoms with Gasteiger partial charge in [0.25, 0.3) is 0 Å². The molecule has 122 valence electrons. The van der Waals surface area contributed by atoms with E-state index in [1.165, 1.54) is 0 Å². The minimum Gasteiger partial charge on any atom is -0.497 e. The number of anilines is 1. The van der Waals surface area contributed by atoms with Crippen molar-refractivity contribution >= 4 is 11.7 Å². The average molecular weight is 313 g/mol. The summed E-state index contributed by atoms with van der Waals surface area (Å²) >= 11 is 0. The first-order valence-electron chi connectivity index (χ1n) is 7.57. The molecule has 0 aliphatic carbocycles. The molecule has 0 fully saturated rings. The first-order chi connectivity index (χ1) is 10.9. The van der Waals surface area contributed by atoms with Crippen molar-refractivity contribution < 1.29 is 14.3 Å². The summed E-state index contributed by atoms with van der Waals surface area (Å²) in [7, 11) is 1.62. The van der Waals surface area contributed by atoms with Gasteiger partial charge in [-0.2, -0.15) is 0 Å². The van der Waals surface area contributed by atoms with Gasteiger partial charge in [0, 0.05) is 5.69 Å². The highest BCUT2D eigenvalue weighted by atomic mass is 16.6. The van der Waals surface area contributed by atoms with Crippen molar-refractivity contribution in [2.24, 2.45) is 0 Å². The molecule has 4 heteroatoms. The number of esters is 1. The molecule has 0 unspecified atom stereocenters. The molecule has 0 amide bonds. The molecule has 0 aliphatic heterocycles. The molecule has 2 aromatic rings. The van der Waals surface area contributed by atoms with E-state index in [1.54, 1.807) is 7.11 Å². The van der Waals surface area contributed by atoms with Crippen LogP contribution in [-0.4, -0.2) is 18.7 Å². The van der Waals surface area contributed by atoms with Gasteiger partial charge in [0.05, 0.1) is 7.11 Å². The van der Waals surface area contributed by atoms with Gasteiger partial charge in [0.1, 0.15) is 11.4 Å². The third-order valence-electron chi connectivity index (χ3n) is 3.18. The zero-order valence-electron chi connectivity index (χ0n) is 14.0. The highest BCUT2D eigenvalue weighted by Gasteiger charge is 2.26. The minimum atomic E-state index is -0.566. The van der Waals surface area contributed by atoms with Crippen LogP contribution in [0.25, 0.3) is 0 Å². The number of hydrogen-bond acceptors (Lipinski definition) is 4. The van der Waals surface area contributed by atoms with E-state index in [-0.39, 0.29) is 5.97 Å². The third kappa shape index (κ3) is 5.02. The van der Waals surface area contributed by atoms with Crippen molar-refractivity contribution in [3.63, 3.8) is 0 Å². The predicted molar refractivity (Wildman–Crippen MR) is 91.6 cm³/mol.